The number of rotatable bonds is 7. The normalized spacial score (nSPS) is 16.3. The van der Waals surface area contributed by atoms with Gasteiger partial charge in [-0.05, 0) is 25.0 Å². The number of oxazole rings is 1. The Morgan fingerprint density at radius 2 is 2.03 bits per heavy atom. The highest BCUT2D eigenvalue weighted by atomic mass is 19.3. The first-order valence-electron chi connectivity index (χ1n) is 10.1. The van der Waals surface area contributed by atoms with Crippen LogP contribution in [0.3, 0.4) is 0 Å². The zero-order valence-electron chi connectivity index (χ0n) is 16.8. The number of nitrogens with zero attached hydrogens (tertiary/aromatic N) is 3. The number of benzene rings is 1. The molecule has 0 aliphatic carbocycles. The van der Waals surface area contributed by atoms with Crippen LogP contribution in [-0.2, 0) is 6.42 Å². The number of para-hydroxylation sites is 1. The summed E-state index contributed by atoms with van der Waals surface area (Å²) in [5.41, 5.74) is 2.21. The molecule has 7 nitrogen and oxygen atoms in total. The Hall–Kier alpha value is -2.94. The number of fused-ring (bicyclic) bond motifs is 1. The first-order valence-corrected chi connectivity index (χ1v) is 10.1. The van der Waals surface area contributed by atoms with Gasteiger partial charge in [-0.25, -0.2) is 13.8 Å². The van der Waals surface area contributed by atoms with Gasteiger partial charge in [0.15, 0.2) is 0 Å². The van der Waals surface area contributed by atoms with E-state index >= 15 is 0 Å². The second kappa shape index (κ2) is 8.83. The molecular weight excluding hydrogens is 392 g/mol. The van der Waals surface area contributed by atoms with Crippen molar-refractivity contribution < 1.29 is 18.0 Å². The third-order valence-corrected chi connectivity index (χ3v) is 5.33. The number of amides is 1. The maximum atomic E-state index is 12.6. The quantitative estimate of drug-likeness (QED) is 0.618. The third kappa shape index (κ3) is 4.62. The molecule has 1 fully saturated rings. The number of carbonyl (C=O) groups excluding carboxylic acids is 1. The van der Waals surface area contributed by atoms with Gasteiger partial charge in [-0.1, -0.05) is 18.2 Å². The van der Waals surface area contributed by atoms with Crippen LogP contribution in [0.4, 0.5) is 14.8 Å². The summed E-state index contributed by atoms with van der Waals surface area (Å²) >= 11 is 0. The first-order chi connectivity index (χ1) is 14.5. The van der Waals surface area contributed by atoms with E-state index in [2.05, 4.69) is 21.4 Å². The van der Waals surface area contributed by atoms with Crippen molar-refractivity contribution in [1.29, 1.82) is 0 Å². The van der Waals surface area contributed by atoms with Gasteiger partial charge in [0.2, 0.25) is 5.76 Å². The van der Waals surface area contributed by atoms with Gasteiger partial charge in [0.05, 0.1) is 12.7 Å². The molecule has 30 heavy (non-hydrogen) atoms. The molecule has 1 unspecified atom stereocenters. The van der Waals surface area contributed by atoms with Crippen molar-refractivity contribution in [3.05, 3.63) is 48.0 Å². The predicted molar refractivity (Wildman–Crippen MR) is 110 cm³/mol. The average molecular weight is 417 g/mol. The van der Waals surface area contributed by atoms with E-state index < -0.39 is 6.43 Å². The van der Waals surface area contributed by atoms with Crippen molar-refractivity contribution in [1.82, 2.24) is 20.2 Å². The molecule has 160 valence electrons. The Morgan fingerprint density at radius 3 is 2.80 bits per heavy atom. The number of hydrogen-bond acceptors (Lipinski definition) is 5. The monoisotopic (exact) mass is 417 g/mol. The molecule has 1 amide bonds. The molecule has 0 spiro atoms. The molecule has 2 aromatic heterocycles. The van der Waals surface area contributed by atoms with Gasteiger partial charge in [0.25, 0.3) is 18.3 Å². The molecule has 1 atom stereocenters. The third-order valence-electron chi connectivity index (χ3n) is 5.33. The van der Waals surface area contributed by atoms with Gasteiger partial charge in [0.1, 0.15) is 0 Å². The number of anilines is 1. The van der Waals surface area contributed by atoms with Crippen molar-refractivity contribution in [3.63, 3.8) is 0 Å². The number of aromatic nitrogens is 2. The summed E-state index contributed by atoms with van der Waals surface area (Å²) in [6.07, 6.45) is 1.73. The molecule has 0 bridgehead atoms. The molecule has 1 aromatic carbocycles. The second-order valence-electron chi connectivity index (χ2n) is 7.62. The zero-order chi connectivity index (χ0) is 21.1. The Kier molecular flexibility index (Phi) is 5.98. The van der Waals surface area contributed by atoms with Gasteiger partial charge in [-0.15, -0.1) is 0 Å². The van der Waals surface area contributed by atoms with Gasteiger partial charge in [-0.2, -0.15) is 0 Å². The van der Waals surface area contributed by atoms with Gasteiger partial charge >= 0.3 is 0 Å². The summed E-state index contributed by atoms with van der Waals surface area (Å²) in [7, 11) is 0. The lowest BCUT2D eigenvalue weighted by Crippen LogP contribution is -2.47. The Morgan fingerprint density at radius 1 is 1.27 bits per heavy atom. The van der Waals surface area contributed by atoms with E-state index in [-0.39, 0.29) is 24.3 Å². The molecule has 2 N–H and O–H groups in total. The van der Waals surface area contributed by atoms with Crippen LogP contribution < -0.4 is 10.2 Å². The van der Waals surface area contributed by atoms with E-state index in [9.17, 15) is 13.6 Å². The summed E-state index contributed by atoms with van der Waals surface area (Å²) in [6.45, 7) is 3.81. The molecule has 3 heterocycles. The van der Waals surface area contributed by atoms with Gasteiger partial charge < -0.3 is 19.6 Å². The van der Waals surface area contributed by atoms with Crippen LogP contribution in [-0.4, -0.2) is 66.0 Å². The Balaban J connectivity index is 1.32. The number of H-pyrrole nitrogens is 1. The highest BCUT2D eigenvalue weighted by Gasteiger charge is 2.24. The summed E-state index contributed by atoms with van der Waals surface area (Å²) in [6, 6.07) is 8.30. The molecule has 9 heteroatoms. The molecule has 4 rings (SSSR count). The lowest BCUT2D eigenvalue weighted by molar-refractivity contribution is 0.0845. The summed E-state index contributed by atoms with van der Waals surface area (Å²) in [5, 5.41) is 4.09. The van der Waals surface area contributed by atoms with Crippen LogP contribution in [0.5, 0.6) is 0 Å². The summed E-state index contributed by atoms with van der Waals surface area (Å²) in [4.78, 5) is 23.6. The fourth-order valence-corrected chi connectivity index (χ4v) is 3.81. The van der Waals surface area contributed by atoms with Crippen molar-refractivity contribution in [3.8, 4) is 0 Å². The number of halogens is 2. The SMILES string of the molecule is CC(Cc1c[nH]c2ccccc12)NC(=O)c1cnc(N2CCN(CC(F)F)CC2)o1. The highest BCUT2D eigenvalue weighted by Crippen LogP contribution is 2.20. The Labute approximate surface area is 173 Å². The fraction of sp³-hybridized carbons (Fsp3) is 0.429. The van der Waals surface area contributed by atoms with E-state index in [1.54, 1.807) is 4.90 Å². The standard InChI is InChI=1S/C21H25F2N5O2/c1-14(10-15-11-24-17-5-3-2-4-16(15)17)26-20(29)18-12-25-21(30-18)28-8-6-27(7-9-28)13-19(22)23/h2-5,11-12,14,19,24H,6-10,13H2,1H3,(H,26,29). The van der Waals surface area contributed by atoms with Crippen molar-refractivity contribution >= 4 is 22.8 Å². The van der Waals surface area contributed by atoms with Gasteiger partial charge in [-0.3, -0.25) is 9.69 Å². The average Bonchev–Trinajstić information content (AvgIpc) is 3.36. The fourth-order valence-electron chi connectivity index (χ4n) is 3.81. The van der Waals surface area contributed by atoms with Crippen LogP contribution in [0.15, 0.2) is 41.1 Å². The molecule has 1 aliphatic heterocycles. The van der Waals surface area contributed by atoms with E-state index in [1.165, 1.54) is 6.20 Å². The van der Waals surface area contributed by atoms with Crippen LogP contribution in [0.25, 0.3) is 10.9 Å². The molecule has 1 saturated heterocycles. The van der Waals surface area contributed by atoms with Crippen molar-refractivity contribution in [2.45, 2.75) is 25.8 Å². The van der Waals surface area contributed by atoms with E-state index in [1.807, 2.05) is 36.2 Å². The number of carbonyl (C=O) groups is 1. The molecule has 1 aliphatic rings. The highest BCUT2D eigenvalue weighted by molar-refractivity contribution is 5.91. The zero-order valence-corrected chi connectivity index (χ0v) is 16.8. The molecule has 3 aromatic rings. The van der Waals surface area contributed by atoms with Crippen LogP contribution in [0.2, 0.25) is 0 Å². The van der Waals surface area contributed by atoms with Crippen LogP contribution in [0.1, 0.15) is 23.0 Å². The van der Waals surface area contributed by atoms with E-state index in [0.717, 1.165) is 16.5 Å². The lowest BCUT2D eigenvalue weighted by atomic mass is 10.1. The van der Waals surface area contributed by atoms with Crippen molar-refractivity contribution in [2.24, 2.45) is 0 Å². The van der Waals surface area contributed by atoms with Gasteiger partial charge in [0, 0.05) is 49.3 Å². The van der Waals surface area contributed by atoms with Crippen LogP contribution in [0, 0.1) is 0 Å². The maximum absolute atomic E-state index is 12.6. The molecule has 0 saturated carbocycles. The largest absolute Gasteiger partial charge is 0.418 e. The maximum Gasteiger partial charge on any atom is 0.298 e. The number of hydrogen-bond donors (Lipinski definition) is 2. The minimum atomic E-state index is -2.33. The molecular formula is C21H25F2N5O2. The first kappa shape index (κ1) is 20.3. The summed E-state index contributed by atoms with van der Waals surface area (Å²) < 4.78 is 30.6. The number of piperazine rings is 1. The number of alkyl halides is 2. The predicted octanol–water partition coefficient (Wildman–Crippen LogP) is 2.90. The second-order valence-corrected chi connectivity index (χ2v) is 7.62. The molecule has 0 radical (unpaired) electrons. The van der Waals surface area contributed by atoms with Crippen LogP contribution >= 0.6 is 0 Å². The number of nitrogens with one attached hydrogen (secondary N) is 2. The van der Waals surface area contributed by atoms with E-state index in [4.69, 9.17) is 4.42 Å². The smallest absolute Gasteiger partial charge is 0.298 e. The van der Waals surface area contributed by atoms with Crippen molar-refractivity contribution in [2.75, 3.05) is 37.6 Å². The minimum Gasteiger partial charge on any atom is -0.418 e. The van der Waals surface area contributed by atoms with E-state index in [0.29, 0.717) is 38.6 Å². The minimum absolute atomic E-state index is 0.0943. The lowest BCUT2D eigenvalue weighted by Gasteiger charge is -2.33. The summed E-state index contributed by atoms with van der Waals surface area (Å²) in [5.74, 6) is -0.178. The number of aromatic amines is 1. The Bertz CT molecular complexity index is 994. The topological polar surface area (TPSA) is 77.4 Å².